The van der Waals surface area contributed by atoms with Crippen molar-refractivity contribution in [2.45, 2.75) is 0 Å². The van der Waals surface area contributed by atoms with Crippen molar-refractivity contribution in [3.8, 4) is 0 Å². The third-order valence-corrected chi connectivity index (χ3v) is 1.02. The molecule has 0 aliphatic heterocycles. The summed E-state index contributed by atoms with van der Waals surface area (Å²) in [5, 5.41) is 0. The number of allylic oxidation sites excluding steroid dienone is 2. The second kappa shape index (κ2) is 4.23. The molecule has 0 heterocycles. The highest BCUT2D eigenvalue weighted by Gasteiger charge is 1.82. The van der Waals surface area contributed by atoms with Crippen LogP contribution in [0.2, 0.25) is 0 Å². The minimum Gasteiger partial charge on any atom is -0.299 e. The Bertz CT molecular complexity index is 89.7. The second-order valence-corrected chi connectivity index (χ2v) is 2.27. The molecule has 0 radical (unpaired) electrons. The highest BCUT2D eigenvalue weighted by Crippen LogP contribution is 2.02. The molecule has 0 aliphatic rings. The van der Waals surface area contributed by atoms with Crippen LogP contribution in [0.3, 0.4) is 0 Å². The van der Waals surface area contributed by atoms with Gasteiger partial charge in [0.05, 0.1) is 0 Å². The van der Waals surface area contributed by atoms with Crippen LogP contribution in [0.4, 0.5) is 4.39 Å². The molecule has 0 spiro atoms. The largest absolute Gasteiger partial charge is 0.299 e. The summed E-state index contributed by atoms with van der Waals surface area (Å²) >= 11 is 1.76. The topological polar surface area (TPSA) is 17.1 Å². The third kappa shape index (κ3) is 3.91. The molecule has 0 atom stereocenters. The summed E-state index contributed by atoms with van der Waals surface area (Å²) in [5.74, 6) is 0. The zero-order valence-corrected chi connectivity index (χ0v) is 5.68. The smallest absolute Gasteiger partial charge is 0.143 e. The number of carbonyl (C=O) groups is 1. The van der Waals surface area contributed by atoms with Gasteiger partial charge < -0.3 is 0 Å². The summed E-state index contributed by atoms with van der Waals surface area (Å²) in [5.41, 5.74) is 0. The predicted molar refractivity (Wildman–Crippen MR) is 34.1 cm³/mol. The molecule has 0 saturated carbocycles. The molecule has 1 nitrogen and oxygen atoms in total. The number of carbonyl (C=O) groups excluding carboxylic acids is 1. The average Bonchev–Trinajstić information content (AvgIpc) is 1.68. The summed E-state index contributed by atoms with van der Waals surface area (Å²) in [6.07, 6.45) is 1.77. The van der Waals surface area contributed by atoms with Crippen molar-refractivity contribution in [1.82, 2.24) is 0 Å². The van der Waals surface area contributed by atoms with Crippen LogP contribution in [0.15, 0.2) is 9.66 Å². The lowest BCUT2D eigenvalue weighted by Crippen LogP contribution is -1.71. The molecule has 0 aromatic rings. The number of hydrogen-bond acceptors (Lipinski definition) is 1. The Morgan fingerprint density at radius 2 is 2.43 bits per heavy atom. The first-order valence-electron chi connectivity index (χ1n) is 1.67. The van der Waals surface area contributed by atoms with Gasteiger partial charge in [0.15, 0.2) is 0 Å². The molecular formula is C4H4FIO. The van der Waals surface area contributed by atoms with Crippen LogP contribution in [-0.2, 0) is 4.79 Å². The number of rotatable bonds is 2. The van der Waals surface area contributed by atoms with Gasteiger partial charge in [0.2, 0.25) is 0 Å². The molecule has 0 aromatic heterocycles. The van der Waals surface area contributed by atoms with Gasteiger partial charge in [0, 0.05) is 3.58 Å². The van der Waals surface area contributed by atoms with Crippen LogP contribution in [0.5, 0.6) is 0 Å². The fraction of sp³-hybridized carbons (Fsp3) is 0.250. The molecule has 3 heteroatoms. The van der Waals surface area contributed by atoms with E-state index in [2.05, 4.69) is 0 Å². The first kappa shape index (κ1) is 7.07. The SMILES string of the molecule is O=CC=C(I)CF. The van der Waals surface area contributed by atoms with Crippen molar-refractivity contribution in [3.05, 3.63) is 9.66 Å². The monoisotopic (exact) mass is 214 g/mol. The van der Waals surface area contributed by atoms with E-state index in [1.807, 2.05) is 0 Å². The lowest BCUT2D eigenvalue weighted by atomic mass is 10.6. The van der Waals surface area contributed by atoms with E-state index < -0.39 is 6.67 Å². The van der Waals surface area contributed by atoms with Gasteiger partial charge in [-0.3, -0.25) is 4.79 Å². The van der Waals surface area contributed by atoms with Gasteiger partial charge >= 0.3 is 0 Å². The van der Waals surface area contributed by atoms with Crippen LogP contribution in [-0.4, -0.2) is 13.0 Å². The minimum atomic E-state index is -0.542. The van der Waals surface area contributed by atoms with Crippen LogP contribution < -0.4 is 0 Å². The van der Waals surface area contributed by atoms with Gasteiger partial charge in [0.25, 0.3) is 0 Å². The van der Waals surface area contributed by atoms with E-state index in [1.165, 1.54) is 6.08 Å². The predicted octanol–water partition coefficient (Wildman–Crippen LogP) is 1.47. The maximum Gasteiger partial charge on any atom is 0.143 e. The summed E-state index contributed by atoms with van der Waals surface area (Å²) in [4.78, 5) is 9.53. The first-order valence-corrected chi connectivity index (χ1v) is 2.75. The minimum absolute atomic E-state index is 0.438. The van der Waals surface area contributed by atoms with Gasteiger partial charge in [0.1, 0.15) is 13.0 Å². The Labute approximate surface area is 54.7 Å². The fourth-order valence-corrected chi connectivity index (χ4v) is 0.265. The van der Waals surface area contributed by atoms with Crippen LogP contribution in [0.1, 0.15) is 0 Å². The molecule has 0 fully saturated rings. The Hall–Kier alpha value is 0.0700. The van der Waals surface area contributed by atoms with E-state index >= 15 is 0 Å². The van der Waals surface area contributed by atoms with Crippen LogP contribution >= 0.6 is 22.6 Å². The molecule has 40 valence electrons. The van der Waals surface area contributed by atoms with Crippen molar-refractivity contribution >= 4 is 28.9 Å². The van der Waals surface area contributed by atoms with Crippen molar-refractivity contribution < 1.29 is 9.18 Å². The Morgan fingerprint density at radius 1 is 1.86 bits per heavy atom. The van der Waals surface area contributed by atoms with Crippen LogP contribution in [0.25, 0.3) is 0 Å². The fourth-order valence-electron chi connectivity index (χ4n) is 0.118. The molecule has 0 saturated heterocycles. The molecule has 0 N–H and O–H groups in total. The van der Waals surface area contributed by atoms with Gasteiger partial charge in [-0.15, -0.1) is 0 Å². The summed E-state index contributed by atoms with van der Waals surface area (Å²) in [6.45, 7) is -0.542. The second-order valence-electron chi connectivity index (χ2n) is 0.883. The van der Waals surface area contributed by atoms with Gasteiger partial charge in [-0.05, 0) is 28.7 Å². The van der Waals surface area contributed by atoms with Crippen molar-refractivity contribution in [1.29, 1.82) is 0 Å². The molecule has 0 unspecified atom stereocenters. The summed E-state index contributed by atoms with van der Waals surface area (Å²) < 4.78 is 11.8. The van der Waals surface area contributed by atoms with E-state index in [0.717, 1.165) is 0 Å². The molecule has 0 aromatic carbocycles. The Kier molecular flexibility index (Phi) is 4.28. The number of alkyl halides is 1. The number of halogens is 2. The highest BCUT2D eigenvalue weighted by atomic mass is 127. The summed E-state index contributed by atoms with van der Waals surface area (Å²) in [6, 6.07) is 0. The molecule has 0 aliphatic carbocycles. The lowest BCUT2D eigenvalue weighted by molar-refractivity contribution is -0.104. The Balaban J connectivity index is 3.49. The number of aldehydes is 1. The van der Waals surface area contributed by atoms with Crippen molar-refractivity contribution in [2.24, 2.45) is 0 Å². The van der Waals surface area contributed by atoms with E-state index in [1.54, 1.807) is 22.6 Å². The highest BCUT2D eigenvalue weighted by molar-refractivity contribution is 14.1. The quantitative estimate of drug-likeness (QED) is 0.386. The normalized spacial score (nSPS) is 11.4. The third-order valence-electron chi connectivity index (χ3n) is 0.377. The zero-order valence-electron chi connectivity index (χ0n) is 3.53. The molecule has 0 bridgehead atoms. The maximum atomic E-state index is 11.3. The lowest BCUT2D eigenvalue weighted by Gasteiger charge is -1.78. The number of hydrogen-bond donors (Lipinski definition) is 0. The van der Waals surface area contributed by atoms with E-state index in [0.29, 0.717) is 9.87 Å². The summed E-state index contributed by atoms with van der Waals surface area (Å²) in [7, 11) is 0. The standard InChI is InChI=1S/C4H4FIO/c5-3-4(6)1-2-7/h1-2H,3H2. The van der Waals surface area contributed by atoms with Gasteiger partial charge in [-0.25, -0.2) is 4.39 Å². The van der Waals surface area contributed by atoms with E-state index in [9.17, 15) is 9.18 Å². The maximum absolute atomic E-state index is 11.3. The molecular weight excluding hydrogens is 210 g/mol. The molecule has 7 heavy (non-hydrogen) atoms. The average molecular weight is 214 g/mol. The van der Waals surface area contributed by atoms with Crippen molar-refractivity contribution in [2.75, 3.05) is 6.67 Å². The van der Waals surface area contributed by atoms with E-state index in [4.69, 9.17) is 0 Å². The van der Waals surface area contributed by atoms with Gasteiger partial charge in [-0.2, -0.15) is 0 Å². The molecule has 0 amide bonds. The van der Waals surface area contributed by atoms with Crippen molar-refractivity contribution in [3.63, 3.8) is 0 Å². The van der Waals surface area contributed by atoms with E-state index in [-0.39, 0.29) is 0 Å². The first-order chi connectivity index (χ1) is 3.31. The zero-order chi connectivity index (χ0) is 5.70. The van der Waals surface area contributed by atoms with Crippen LogP contribution in [0, 0.1) is 0 Å². The Morgan fingerprint density at radius 3 is 2.57 bits per heavy atom. The van der Waals surface area contributed by atoms with Gasteiger partial charge in [-0.1, -0.05) is 0 Å². The molecule has 0 rings (SSSR count).